The van der Waals surface area contributed by atoms with Crippen LogP contribution in [0.4, 0.5) is 11.5 Å². The van der Waals surface area contributed by atoms with Crippen molar-refractivity contribution in [2.45, 2.75) is 13.0 Å². The number of para-hydroxylation sites is 1. The first kappa shape index (κ1) is 17.8. The third-order valence-electron chi connectivity index (χ3n) is 4.59. The fourth-order valence-corrected chi connectivity index (χ4v) is 3.78. The standard InChI is InChI=1S/C20H16Cl2N4O/c1-12-17(20(27)25-13-6-3-2-4-7-13)19(26-16(24-12)10-11-23-26)14-8-5-9-15(21)18(14)22/h2-11,17,19H,1H3,(H,25,27). The van der Waals surface area contributed by atoms with E-state index < -0.39 is 12.0 Å². The van der Waals surface area contributed by atoms with Crippen molar-refractivity contribution in [3.63, 3.8) is 0 Å². The van der Waals surface area contributed by atoms with Gasteiger partial charge in [0.2, 0.25) is 5.91 Å². The Bertz CT molecular complexity index is 1030. The second-order valence-corrected chi connectivity index (χ2v) is 7.09. The van der Waals surface area contributed by atoms with E-state index in [2.05, 4.69) is 15.4 Å². The van der Waals surface area contributed by atoms with Gasteiger partial charge in [-0.3, -0.25) is 4.79 Å². The summed E-state index contributed by atoms with van der Waals surface area (Å²) in [6.45, 7) is 1.84. The quantitative estimate of drug-likeness (QED) is 0.663. The third kappa shape index (κ3) is 3.24. The van der Waals surface area contributed by atoms with Gasteiger partial charge in [-0.25, -0.2) is 9.67 Å². The van der Waals surface area contributed by atoms with Gasteiger partial charge in [0.05, 0.1) is 22.3 Å². The molecule has 0 saturated heterocycles. The number of benzene rings is 2. The first-order chi connectivity index (χ1) is 13.1. The Morgan fingerprint density at radius 1 is 1.07 bits per heavy atom. The van der Waals surface area contributed by atoms with Gasteiger partial charge in [0, 0.05) is 17.5 Å². The summed E-state index contributed by atoms with van der Waals surface area (Å²) in [5.74, 6) is -0.0736. The monoisotopic (exact) mass is 398 g/mol. The molecule has 0 fully saturated rings. The number of carbonyl (C=O) groups excluding carboxylic acids is 1. The molecule has 0 bridgehead atoms. The van der Waals surface area contributed by atoms with Crippen LogP contribution in [0, 0.1) is 5.92 Å². The molecule has 27 heavy (non-hydrogen) atoms. The predicted molar refractivity (Wildman–Crippen MR) is 108 cm³/mol. The Morgan fingerprint density at radius 2 is 1.85 bits per heavy atom. The molecule has 2 aromatic carbocycles. The minimum atomic E-state index is -0.575. The van der Waals surface area contributed by atoms with Crippen molar-refractivity contribution in [1.29, 1.82) is 0 Å². The average molecular weight is 399 g/mol. The fraction of sp³-hybridized carbons (Fsp3) is 0.150. The lowest BCUT2D eigenvalue weighted by Gasteiger charge is -2.31. The summed E-state index contributed by atoms with van der Waals surface area (Å²) in [6.07, 6.45) is 1.66. The van der Waals surface area contributed by atoms with Crippen LogP contribution in [0.5, 0.6) is 0 Å². The number of carbonyl (C=O) groups is 1. The summed E-state index contributed by atoms with van der Waals surface area (Å²) in [7, 11) is 0. The zero-order valence-electron chi connectivity index (χ0n) is 14.4. The summed E-state index contributed by atoms with van der Waals surface area (Å²) in [4.78, 5) is 17.7. The zero-order valence-corrected chi connectivity index (χ0v) is 15.9. The molecule has 1 aliphatic heterocycles. The molecule has 2 heterocycles. The van der Waals surface area contributed by atoms with Gasteiger partial charge in [0.25, 0.3) is 0 Å². The van der Waals surface area contributed by atoms with E-state index in [-0.39, 0.29) is 5.91 Å². The van der Waals surface area contributed by atoms with Crippen LogP contribution in [0.15, 0.2) is 65.8 Å². The Hall–Kier alpha value is -2.63. The highest BCUT2D eigenvalue weighted by molar-refractivity contribution is 6.42. The summed E-state index contributed by atoms with van der Waals surface area (Å²) < 4.78 is 1.72. The lowest BCUT2D eigenvalue weighted by atomic mass is 9.87. The van der Waals surface area contributed by atoms with Crippen molar-refractivity contribution in [2.75, 3.05) is 5.32 Å². The van der Waals surface area contributed by atoms with Crippen molar-refractivity contribution >= 4 is 46.3 Å². The number of aliphatic imine (C=N–C) groups is 1. The maximum absolute atomic E-state index is 13.2. The van der Waals surface area contributed by atoms with Gasteiger partial charge in [-0.1, -0.05) is 53.5 Å². The highest BCUT2D eigenvalue weighted by atomic mass is 35.5. The van der Waals surface area contributed by atoms with Gasteiger partial charge in [-0.05, 0) is 30.7 Å². The molecular weight excluding hydrogens is 383 g/mol. The second-order valence-electron chi connectivity index (χ2n) is 6.31. The van der Waals surface area contributed by atoms with Crippen LogP contribution >= 0.6 is 23.2 Å². The molecule has 1 aliphatic rings. The molecule has 2 unspecified atom stereocenters. The third-order valence-corrected chi connectivity index (χ3v) is 5.43. The van der Waals surface area contributed by atoms with Crippen molar-refractivity contribution < 1.29 is 4.79 Å². The summed E-state index contributed by atoms with van der Waals surface area (Å²) in [6, 6.07) is 16.1. The fourth-order valence-electron chi connectivity index (χ4n) is 3.36. The molecule has 0 spiro atoms. The average Bonchev–Trinajstić information content (AvgIpc) is 3.12. The normalized spacial score (nSPS) is 18.6. The Balaban J connectivity index is 1.80. The largest absolute Gasteiger partial charge is 0.325 e. The van der Waals surface area contributed by atoms with E-state index in [4.69, 9.17) is 23.2 Å². The zero-order chi connectivity index (χ0) is 19.0. The predicted octanol–water partition coefficient (Wildman–Crippen LogP) is 5.14. The number of hydrogen-bond acceptors (Lipinski definition) is 3. The number of nitrogens with zero attached hydrogens (tertiary/aromatic N) is 3. The van der Waals surface area contributed by atoms with Gasteiger partial charge in [-0.15, -0.1) is 0 Å². The van der Waals surface area contributed by atoms with Crippen LogP contribution in [0.25, 0.3) is 0 Å². The van der Waals surface area contributed by atoms with E-state index in [1.54, 1.807) is 23.0 Å². The minimum Gasteiger partial charge on any atom is -0.325 e. The molecule has 136 valence electrons. The Kier molecular flexibility index (Phi) is 4.72. The van der Waals surface area contributed by atoms with Crippen molar-refractivity contribution in [1.82, 2.24) is 9.78 Å². The Morgan fingerprint density at radius 3 is 2.63 bits per heavy atom. The van der Waals surface area contributed by atoms with Gasteiger partial charge in [0.1, 0.15) is 5.92 Å². The molecule has 1 N–H and O–H groups in total. The number of rotatable bonds is 3. The van der Waals surface area contributed by atoms with Crippen LogP contribution in [0.1, 0.15) is 18.5 Å². The molecule has 0 saturated carbocycles. The SMILES string of the molecule is CC1=Nc2ccnn2C(c2cccc(Cl)c2Cl)C1C(=O)Nc1ccccc1. The van der Waals surface area contributed by atoms with E-state index in [0.717, 1.165) is 11.3 Å². The highest BCUT2D eigenvalue weighted by Crippen LogP contribution is 2.41. The van der Waals surface area contributed by atoms with Crippen LogP contribution in [-0.2, 0) is 4.79 Å². The van der Waals surface area contributed by atoms with Crippen molar-refractivity contribution in [3.05, 3.63) is 76.4 Å². The summed E-state index contributed by atoms with van der Waals surface area (Å²) in [5.41, 5.74) is 2.14. The van der Waals surface area contributed by atoms with E-state index in [1.807, 2.05) is 49.4 Å². The molecular formula is C20H16Cl2N4O. The van der Waals surface area contributed by atoms with Crippen LogP contribution < -0.4 is 5.32 Å². The number of fused-ring (bicyclic) bond motifs is 1. The van der Waals surface area contributed by atoms with Crippen LogP contribution in [0.2, 0.25) is 10.0 Å². The molecule has 1 amide bonds. The molecule has 0 aliphatic carbocycles. The molecule has 7 heteroatoms. The second kappa shape index (κ2) is 7.18. The van der Waals surface area contributed by atoms with Crippen molar-refractivity contribution in [2.24, 2.45) is 10.9 Å². The van der Waals surface area contributed by atoms with E-state index in [0.29, 0.717) is 21.6 Å². The first-order valence-corrected chi connectivity index (χ1v) is 9.20. The van der Waals surface area contributed by atoms with E-state index >= 15 is 0 Å². The van der Waals surface area contributed by atoms with E-state index in [9.17, 15) is 4.79 Å². The van der Waals surface area contributed by atoms with Crippen LogP contribution in [-0.4, -0.2) is 21.4 Å². The number of halogens is 2. The lowest BCUT2D eigenvalue weighted by Crippen LogP contribution is -2.39. The van der Waals surface area contributed by atoms with Gasteiger partial charge in [0.15, 0.2) is 5.82 Å². The van der Waals surface area contributed by atoms with Crippen molar-refractivity contribution in [3.8, 4) is 0 Å². The summed E-state index contributed by atoms with van der Waals surface area (Å²) in [5, 5.41) is 8.20. The first-order valence-electron chi connectivity index (χ1n) is 8.45. The maximum Gasteiger partial charge on any atom is 0.235 e. The summed E-state index contributed by atoms with van der Waals surface area (Å²) >= 11 is 12.7. The lowest BCUT2D eigenvalue weighted by molar-refractivity contribution is -0.118. The Labute approximate surface area is 166 Å². The van der Waals surface area contributed by atoms with E-state index in [1.165, 1.54) is 0 Å². The number of aromatic nitrogens is 2. The number of anilines is 1. The van der Waals surface area contributed by atoms with Gasteiger partial charge < -0.3 is 5.32 Å². The smallest absolute Gasteiger partial charge is 0.235 e. The minimum absolute atomic E-state index is 0.176. The van der Waals surface area contributed by atoms with Gasteiger partial charge in [-0.2, -0.15) is 5.10 Å². The number of nitrogens with one attached hydrogen (secondary N) is 1. The molecule has 4 rings (SSSR count). The van der Waals surface area contributed by atoms with Crippen LogP contribution in [0.3, 0.4) is 0 Å². The van der Waals surface area contributed by atoms with Gasteiger partial charge >= 0.3 is 0 Å². The molecule has 0 radical (unpaired) electrons. The maximum atomic E-state index is 13.2. The molecule has 2 atom stereocenters. The number of hydrogen-bond donors (Lipinski definition) is 1. The highest BCUT2D eigenvalue weighted by Gasteiger charge is 2.39. The molecule has 1 aromatic heterocycles. The number of amides is 1. The molecule has 5 nitrogen and oxygen atoms in total. The topological polar surface area (TPSA) is 59.3 Å². The molecule has 3 aromatic rings.